The van der Waals surface area contributed by atoms with Crippen LogP contribution < -0.4 is 20.7 Å². The van der Waals surface area contributed by atoms with Crippen LogP contribution in [0.4, 0.5) is 5.69 Å². The number of thiocarbonyl (C=S) groups is 1. The van der Waals surface area contributed by atoms with Crippen LogP contribution in [0.3, 0.4) is 0 Å². The standard InChI is InChI=1S/C24H31N3O3S/c1-4-5-6-7-16-30-21-14-10-19(11-15-21)23(29)27-24(31)26-20-12-8-18(9-13-20)22(28)25-17(2)3/h8-15,17H,4-7,16H2,1-3H3,(H,25,28)(H2,26,27,29,31). The van der Waals surface area contributed by atoms with Gasteiger partial charge in [-0.25, -0.2) is 0 Å². The first-order valence-electron chi connectivity index (χ1n) is 10.6. The average molecular weight is 442 g/mol. The van der Waals surface area contributed by atoms with Crippen LogP contribution >= 0.6 is 12.2 Å². The number of ether oxygens (including phenoxy) is 1. The second-order valence-corrected chi connectivity index (χ2v) is 7.96. The third kappa shape index (κ3) is 8.76. The summed E-state index contributed by atoms with van der Waals surface area (Å²) in [5.74, 6) is 0.307. The molecule has 0 saturated heterocycles. The Morgan fingerprint density at radius 2 is 1.52 bits per heavy atom. The summed E-state index contributed by atoms with van der Waals surface area (Å²) in [7, 11) is 0. The third-order valence-corrected chi connectivity index (χ3v) is 4.64. The van der Waals surface area contributed by atoms with Gasteiger partial charge in [0.05, 0.1) is 6.61 Å². The molecule has 2 rings (SSSR count). The summed E-state index contributed by atoms with van der Waals surface area (Å²) in [6, 6.07) is 13.9. The lowest BCUT2D eigenvalue weighted by Crippen LogP contribution is -2.34. The molecule has 2 amide bonds. The topological polar surface area (TPSA) is 79.5 Å². The number of unbranched alkanes of at least 4 members (excludes halogenated alkanes) is 3. The summed E-state index contributed by atoms with van der Waals surface area (Å²) in [6.45, 7) is 6.67. The van der Waals surface area contributed by atoms with Gasteiger partial charge in [0.2, 0.25) is 0 Å². The van der Waals surface area contributed by atoms with E-state index in [4.69, 9.17) is 17.0 Å². The molecule has 7 heteroatoms. The fourth-order valence-electron chi connectivity index (χ4n) is 2.81. The van der Waals surface area contributed by atoms with Crippen LogP contribution in [0.25, 0.3) is 0 Å². The van der Waals surface area contributed by atoms with Gasteiger partial charge in [-0.05, 0) is 81.0 Å². The van der Waals surface area contributed by atoms with Gasteiger partial charge in [-0.1, -0.05) is 26.2 Å². The first-order chi connectivity index (χ1) is 14.9. The van der Waals surface area contributed by atoms with E-state index in [0.717, 1.165) is 18.6 Å². The summed E-state index contributed by atoms with van der Waals surface area (Å²) in [5.41, 5.74) is 1.73. The predicted molar refractivity (Wildman–Crippen MR) is 129 cm³/mol. The first kappa shape index (κ1) is 24.3. The van der Waals surface area contributed by atoms with Crippen LogP contribution in [0.15, 0.2) is 48.5 Å². The molecule has 0 unspecified atom stereocenters. The lowest BCUT2D eigenvalue weighted by atomic mass is 10.2. The fourth-order valence-corrected chi connectivity index (χ4v) is 3.02. The van der Waals surface area contributed by atoms with Crippen molar-refractivity contribution >= 4 is 34.8 Å². The van der Waals surface area contributed by atoms with E-state index in [1.807, 2.05) is 13.8 Å². The molecule has 2 aromatic carbocycles. The van der Waals surface area contributed by atoms with Gasteiger partial charge >= 0.3 is 0 Å². The van der Waals surface area contributed by atoms with E-state index < -0.39 is 0 Å². The molecular formula is C24H31N3O3S. The monoisotopic (exact) mass is 441 g/mol. The molecule has 0 aliphatic heterocycles. The molecule has 0 saturated carbocycles. The van der Waals surface area contributed by atoms with E-state index in [9.17, 15) is 9.59 Å². The molecule has 0 atom stereocenters. The Morgan fingerprint density at radius 3 is 2.13 bits per heavy atom. The maximum absolute atomic E-state index is 12.4. The summed E-state index contributed by atoms with van der Waals surface area (Å²) in [6.07, 6.45) is 4.60. The number of carbonyl (C=O) groups excluding carboxylic acids is 2. The van der Waals surface area contributed by atoms with Crippen molar-refractivity contribution in [3.05, 3.63) is 59.7 Å². The third-order valence-electron chi connectivity index (χ3n) is 4.43. The first-order valence-corrected chi connectivity index (χ1v) is 11.1. The zero-order valence-electron chi connectivity index (χ0n) is 18.4. The minimum Gasteiger partial charge on any atom is -0.494 e. The number of hydrogen-bond donors (Lipinski definition) is 3. The number of anilines is 1. The summed E-state index contributed by atoms with van der Waals surface area (Å²) in [4.78, 5) is 24.4. The highest BCUT2D eigenvalue weighted by Gasteiger charge is 2.10. The minimum absolute atomic E-state index is 0.0690. The maximum Gasteiger partial charge on any atom is 0.257 e. The molecule has 31 heavy (non-hydrogen) atoms. The van der Waals surface area contributed by atoms with Gasteiger partial charge < -0.3 is 15.4 Å². The number of hydrogen-bond acceptors (Lipinski definition) is 4. The Labute approximate surface area is 189 Å². The Balaban J connectivity index is 1.81. The molecule has 2 aromatic rings. The second kappa shape index (κ2) is 12.7. The predicted octanol–water partition coefficient (Wildman–Crippen LogP) is 4.91. The molecule has 3 N–H and O–H groups in total. The van der Waals surface area contributed by atoms with Crippen molar-refractivity contribution < 1.29 is 14.3 Å². The normalized spacial score (nSPS) is 10.5. The summed E-state index contributed by atoms with van der Waals surface area (Å²) in [5, 5.41) is 8.62. The number of nitrogens with one attached hydrogen (secondary N) is 3. The molecule has 6 nitrogen and oxygen atoms in total. The van der Waals surface area contributed by atoms with Crippen LogP contribution in [0, 0.1) is 0 Å². The van der Waals surface area contributed by atoms with Crippen LogP contribution in [0.1, 0.15) is 67.2 Å². The van der Waals surface area contributed by atoms with E-state index >= 15 is 0 Å². The van der Waals surface area contributed by atoms with Crippen LogP contribution in [-0.2, 0) is 0 Å². The van der Waals surface area contributed by atoms with Gasteiger partial charge in [0.25, 0.3) is 11.8 Å². The van der Waals surface area contributed by atoms with Gasteiger partial charge in [0.1, 0.15) is 5.75 Å². The molecule has 0 radical (unpaired) electrons. The number of amides is 2. The van der Waals surface area contributed by atoms with Gasteiger partial charge in [-0.15, -0.1) is 0 Å². The molecule has 0 bridgehead atoms. The molecule has 166 valence electrons. The van der Waals surface area contributed by atoms with Crippen molar-refractivity contribution in [2.45, 2.75) is 52.5 Å². The highest BCUT2D eigenvalue weighted by atomic mass is 32.1. The molecule has 0 aliphatic rings. The zero-order valence-corrected chi connectivity index (χ0v) is 19.2. The van der Waals surface area contributed by atoms with Gasteiger partial charge in [0, 0.05) is 22.9 Å². The highest BCUT2D eigenvalue weighted by molar-refractivity contribution is 7.80. The van der Waals surface area contributed by atoms with Crippen LogP contribution in [0.2, 0.25) is 0 Å². The quantitative estimate of drug-likeness (QED) is 0.361. The molecular weight excluding hydrogens is 410 g/mol. The largest absolute Gasteiger partial charge is 0.494 e. The fraction of sp³-hybridized carbons (Fsp3) is 0.375. The van der Waals surface area contributed by atoms with Gasteiger partial charge in [-0.3, -0.25) is 14.9 Å². The van der Waals surface area contributed by atoms with Crippen molar-refractivity contribution in [1.82, 2.24) is 10.6 Å². The van der Waals surface area contributed by atoms with Crippen LogP contribution in [0.5, 0.6) is 5.75 Å². The van der Waals surface area contributed by atoms with Crippen molar-refractivity contribution in [3.63, 3.8) is 0 Å². The maximum atomic E-state index is 12.4. The Kier molecular flexibility index (Phi) is 9.97. The lowest BCUT2D eigenvalue weighted by Gasteiger charge is -2.11. The summed E-state index contributed by atoms with van der Waals surface area (Å²) >= 11 is 5.22. The van der Waals surface area contributed by atoms with Gasteiger partial charge in [0.15, 0.2) is 5.11 Å². The van der Waals surface area contributed by atoms with Crippen molar-refractivity contribution in [2.24, 2.45) is 0 Å². The van der Waals surface area contributed by atoms with Crippen molar-refractivity contribution in [1.29, 1.82) is 0 Å². The molecule has 0 aromatic heterocycles. The Bertz CT molecular complexity index is 865. The molecule has 0 spiro atoms. The van der Waals surface area contributed by atoms with Crippen molar-refractivity contribution in [3.8, 4) is 5.75 Å². The van der Waals surface area contributed by atoms with Gasteiger partial charge in [-0.2, -0.15) is 0 Å². The number of rotatable bonds is 10. The van der Waals surface area contributed by atoms with E-state index in [0.29, 0.717) is 23.4 Å². The van der Waals surface area contributed by atoms with E-state index in [1.54, 1.807) is 48.5 Å². The molecule has 0 aliphatic carbocycles. The lowest BCUT2D eigenvalue weighted by molar-refractivity contribution is 0.0941. The molecule has 0 fully saturated rings. The van der Waals surface area contributed by atoms with Crippen molar-refractivity contribution in [2.75, 3.05) is 11.9 Å². The second-order valence-electron chi connectivity index (χ2n) is 7.55. The van der Waals surface area contributed by atoms with E-state index in [2.05, 4.69) is 22.9 Å². The van der Waals surface area contributed by atoms with E-state index in [1.165, 1.54) is 12.8 Å². The number of carbonyl (C=O) groups is 2. The van der Waals surface area contributed by atoms with E-state index in [-0.39, 0.29) is 23.0 Å². The number of benzene rings is 2. The molecule has 0 heterocycles. The Hall–Kier alpha value is -2.93. The Morgan fingerprint density at radius 1 is 0.903 bits per heavy atom. The SMILES string of the molecule is CCCCCCOc1ccc(C(=O)NC(=S)Nc2ccc(C(=O)NC(C)C)cc2)cc1. The average Bonchev–Trinajstić information content (AvgIpc) is 2.74. The van der Waals surface area contributed by atoms with Crippen LogP contribution in [-0.4, -0.2) is 29.6 Å². The highest BCUT2D eigenvalue weighted by Crippen LogP contribution is 2.14. The summed E-state index contributed by atoms with van der Waals surface area (Å²) < 4.78 is 5.70. The zero-order chi connectivity index (χ0) is 22.6. The minimum atomic E-state index is -0.306. The smallest absolute Gasteiger partial charge is 0.257 e.